The second-order valence-corrected chi connectivity index (χ2v) is 11.6. The fourth-order valence-corrected chi connectivity index (χ4v) is 6.23. The van der Waals surface area contributed by atoms with E-state index in [1.54, 1.807) is 29.6 Å². The highest BCUT2D eigenvalue weighted by molar-refractivity contribution is 7.89. The van der Waals surface area contributed by atoms with Crippen LogP contribution in [0, 0.1) is 0 Å². The molecule has 1 fully saturated rings. The number of nitrogens with one attached hydrogen (secondary N) is 1. The summed E-state index contributed by atoms with van der Waals surface area (Å²) in [5, 5.41) is 5.44. The number of anilines is 1. The van der Waals surface area contributed by atoms with E-state index < -0.39 is 15.9 Å². The van der Waals surface area contributed by atoms with Gasteiger partial charge >= 0.3 is 0 Å². The highest BCUT2D eigenvalue weighted by Gasteiger charge is 2.26. The molecule has 0 aliphatic carbocycles. The molecule has 0 spiro atoms. The predicted molar refractivity (Wildman–Crippen MR) is 142 cm³/mol. The van der Waals surface area contributed by atoms with Gasteiger partial charge in [-0.15, -0.1) is 11.3 Å². The molecule has 1 N–H and O–H groups in total. The number of hydrogen-bond acceptors (Lipinski definition) is 7. The molecular weight excluding hydrogens is 545 g/mol. The monoisotopic (exact) mass is 569 g/mol. The molecule has 12 heteroatoms. The van der Waals surface area contributed by atoms with Crippen molar-refractivity contribution in [3.8, 4) is 17.0 Å². The van der Waals surface area contributed by atoms with Gasteiger partial charge < -0.3 is 9.47 Å². The number of amides is 1. The van der Waals surface area contributed by atoms with Crippen LogP contribution in [0.3, 0.4) is 0 Å². The summed E-state index contributed by atoms with van der Waals surface area (Å²) < 4.78 is 37.9. The van der Waals surface area contributed by atoms with E-state index in [1.165, 1.54) is 27.8 Å². The van der Waals surface area contributed by atoms with Crippen molar-refractivity contribution in [1.82, 2.24) is 9.29 Å². The summed E-state index contributed by atoms with van der Waals surface area (Å²) in [7, 11) is -3.57. The minimum atomic E-state index is -3.57. The first kappa shape index (κ1) is 26.8. The van der Waals surface area contributed by atoms with E-state index in [-0.39, 0.29) is 20.5 Å². The Labute approximate surface area is 224 Å². The first-order valence-electron chi connectivity index (χ1n) is 11.4. The predicted octanol–water partition coefficient (Wildman–Crippen LogP) is 5.57. The molecule has 4 rings (SSSR count). The van der Waals surface area contributed by atoms with Crippen LogP contribution in [0.1, 0.15) is 30.1 Å². The van der Waals surface area contributed by atoms with Crippen LogP contribution >= 0.6 is 34.5 Å². The molecule has 3 aromatic rings. The highest BCUT2D eigenvalue weighted by Crippen LogP contribution is 2.35. The maximum absolute atomic E-state index is 12.8. The summed E-state index contributed by atoms with van der Waals surface area (Å²) in [5.41, 5.74) is 1.62. The molecular formula is C24H25Cl2N3O5S2. The van der Waals surface area contributed by atoms with Crippen molar-refractivity contribution in [3.63, 3.8) is 0 Å². The molecule has 2 heterocycles. The minimum Gasteiger partial charge on any atom is -0.490 e. The lowest BCUT2D eigenvalue weighted by Gasteiger charge is -2.26. The average Bonchev–Trinajstić information content (AvgIpc) is 3.34. The Balaban J connectivity index is 1.43. The van der Waals surface area contributed by atoms with Crippen molar-refractivity contribution in [1.29, 1.82) is 0 Å². The largest absolute Gasteiger partial charge is 0.490 e. The zero-order chi connectivity index (χ0) is 25.7. The van der Waals surface area contributed by atoms with E-state index in [4.69, 9.17) is 32.7 Å². The quantitative estimate of drug-likeness (QED) is 0.338. The van der Waals surface area contributed by atoms with Crippen LogP contribution in [0.2, 0.25) is 10.0 Å². The molecule has 1 aromatic heterocycles. The number of aromatic nitrogens is 1. The van der Waals surface area contributed by atoms with E-state index in [0.717, 1.165) is 18.4 Å². The maximum Gasteiger partial charge on any atom is 0.257 e. The van der Waals surface area contributed by atoms with Gasteiger partial charge in [-0.3, -0.25) is 10.1 Å². The van der Waals surface area contributed by atoms with Crippen molar-refractivity contribution >= 4 is 55.6 Å². The number of morpholine rings is 1. The number of nitrogens with zero attached hydrogens (tertiary/aromatic N) is 2. The van der Waals surface area contributed by atoms with E-state index in [9.17, 15) is 13.2 Å². The summed E-state index contributed by atoms with van der Waals surface area (Å²) in [5.74, 6) is -0.0503. The van der Waals surface area contributed by atoms with Crippen LogP contribution in [0.5, 0.6) is 5.75 Å². The number of thiazole rings is 1. The molecule has 8 nitrogen and oxygen atoms in total. The zero-order valence-electron chi connectivity index (χ0n) is 19.5. The number of unbranched alkanes of at least 4 members (excludes halogenated alkanes) is 1. The van der Waals surface area contributed by atoms with Crippen LogP contribution in [0.25, 0.3) is 11.3 Å². The normalized spacial score (nSPS) is 14.5. The summed E-state index contributed by atoms with van der Waals surface area (Å²) in [6, 6.07) is 9.53. The van der Waals surface area contributed by atoms with E-state index in [1.807, 2.05) is 0 Å². The van der Waals surface area contributed by atoms with Crippen molar-refractivity contribution < 1.29 is 22.7 Å². The molecule has 192 valence electrons. The minimum absolute atomic E-state index is 0.216. The standard InChI is InChI=1S/C24H25Cl2N3O5S2/c1-2-3-10-34-22-19(25)13-17(14-20(22)26)23(30)28-24-27-21(15-35-24)16-4-6-18(7-5-16)36(31,32)29-8-11-33-12-9-29/h4-7,13-15H,2-3,8-12H2,1H3,(H,27,28,30). The second kappa shape index (κ2) is 11.9. The van der Waals surface area contributed by atoms with Gasteiger partial charge in [0.05, 0.1) is 40.5 Å². The van der Waals surface area contributed by atoms with Gasteiger partial charge in [0.2, 0.25) is 10.0 Å². The topological polar surface area (TPSA) is 97.8 Å². The highest BCUT2D eigenvalue weighted by atomic mass is 35.5. The number of carbonyl (C=O) groups is 1. The number of ether oxygens (including phenoxy) is 2. The molecule has 1 aliphatic rings. The Kier molecular flexibility index (Phi) is 8.87. The lowest BCUT2D eigenvalue weighted by atomic mass is 10.2. The molecule has 2 aromatic carbocycles. The van der Waals surface area contributed by atoms with Gasteiger partial charge in [0.25, 0.3) is 5.91 Å². The Bertz CT molecular complexity index is 1300. The first-order chi connectivity index (χ1) is 17.3. The van der Waals surface area contributed by atoms with Crippen LogP contribution < -0.4 is 10.1 Å². The van der Waals surface area contributed by atoms with Crippen molar-refractivity contribution in [2.45, 2.75) is 24.7 Å². The van der Waals surface area contributed by atoms with Gasteiger partial charge in [0, 0.05) is 29.6 Å². The molecule has 0 saturated carbocycles. The lowest BCUT2D eigenvalue weighted by molar-refractivity contribution is 0.0730. The molecule has 1 amide bonds. The number of sulfonamides is 1. The van der Waals surface area contributed by atoms with Gasteiger partial charge in [-0.2, -0.15) is 4.31 Å². The maximum atomic E-state index is 12.8. The van der Waals surface area contributed by atoms with Crippen molar-refractivity contribution in [2.75, 3.05) is 38.2 Å². The van der Waals surface area contributed by atoms with Crippen LogP contribution in [-0.2, 0) is 14.8 Å². The molecule has 0 unspecified atom stereocenters. The molecule has 0 atom stereocenters. The van der Waals surface area contributed by atoms with Gasteiger partial charge in [-0.1, -0.05) is 48.7 Å². The van der Waals surface area contributed by atoms with Crippen molar-refractivity contribution in [2.24, 2.45) is 0 Å². The Morgan fingerprint density at radius 1 is 1.17 bits per heavy atom. The molecule has 1 saturated heterocycles. The summed E-state index contributed by atoms with van der Waals surface area (Å²) in [6.07, 6.45) is 1.84. The zero-order valence-corrected chi connectivity index (χ0v) is 22.6. The number of hydrogen-bond donors (Lipinski definition) is 1. The second-order valence-electron chi connectivity index (χ2n) is 8.00. The van der Waals surface area contributed by atoms with Crippen molar-refractivity contribution in [3.05, 3.63) is 57.4 Å². The number of halogens is 2. The Morgan fingerprint density at radius 3 is 2.47 bits per heavy atom. The lowest BCUT2D eigenvalue weighted by Crippen LogP contribution is -2.40. The summed E-state index contributed by atoms with van der Waals surface area (Å²) in [6.45, 7) is 3.99. The third-order valence-electron chi connectivity index (χ3n) is 5.49. The smallest absolute Gasteiger partial charge is 0.257 e. The summed E-state index contributed by atoms with van der Waals surface area (Å²) >= 11 is 13.8. The van der Waals surface area contributed by atoms with Gasteiger partial charge in [0.15, 0.2) is 10.9 Å². The third-order valence-corrected chi connectivity index (χ3v) is 8.72. The molecule has 0 radical (unpaired) electrons. The molecule has 36 heavy (non-hydrogen) atoms. The SMILES string of the molecule is CCCCOc1c(Cl)cc(C(=O)Nc2nc(-c3ccc(S(=O)(=O)N4CCOCC4)cc3)cs2)cc1Cl. The number of benzene rings is 2. The van der Waals surface area contributed by atoms with E-state index in [2.05, 4.69) is 17.2 Å². The summed E-state index contributed by atoms with van der Waals surface area (Å²) in [4.78, 5) is 17.4. The fraction of sp³-hybridized carbons (Fsp3) is 0.333. The number of carbonyl (C=O) groups excluding carboxylic acids is 1. The van der Waals surface area contributed by atoms with Gasteiger partial charge in [0.1, 0.15) is 0 Å². The van der Waals surface area contributed by atoms with Crippen LogP contribution in [0.15, 0.2) is 46.7 Å². The third kappa shape index (κ3) is 6.19. The van der Waals surface area contributed by atoms with Crippen LogP contribution in [-0.4, -0.2) is 56.5 Å². The molecule has 1 aliphatic heterocycles. The Hall–Kier alpha value is -2.21. The fourth-order valence-electron chi connectivity index (χ4n) is 3.51. The number of rotatable bonds is 9. The van der Waals surface area contributed by atoms with Gasteiger partial charge in [-0.05, 0) is 30.7 Å². The van der Waals surface area contributed by atoms with E-state index in [0.29, 0.717) is 49.5 Å². The van der Waals surface area contributed by atoms with E-state index >= 15 is 0 Å². The first-order valence-corrected chi connectivity index (χ1v) is 14.4. The Morgan fingerprint density at radius 2 is 1.83 bits per heavy atom. The average molecular weight is 571 g/mol. The van der Waals surface area contributed by atoms with Gasteiger partial charge in [-0.25, -0.2) is 13.4 Å². The van der Waals surface area contributed by atoms with Crippen LogP contribution in [0.4, 0.5) is 5.13 Å². The molecule has 0 bridgehead atoms.